The number of benzene rings is 1. The highest BCUT2D eigenvalue weighted by Crippen LogP contribution is 2.29. The number of nitrogens with one attached hydrogen (secondary N) is 1. The van der Waals surface area contributed by atoms with Crippen LogP contribution in [0.1, 0.15) is 12.8 Å². The lowest BCUT2D eigenvalue weighted by atomic mass is 9.97. The van der Waals surface area contributed by atoms with Gasteiger partial charge in [-0.2, -0.15) is 5.10 Å². The Bertz CT molecular complexity index is 996. The number of rotatable bonds is 5. The normalized spacial score (nSPS) is 16.5. The van der Waals surface area contributed by atoms with Gasteiger partial charge in [0.05, 0.1) is 18.7 Å². The minimum absolute atomic E-state index is 0.0687. The van der Waals surface area contributed by atoms with Gasteiger partial charge in [0.2, 0.25) is 5.91 Å². The Labute approximate surface area is 172 Å². The second-order valence-electron chi connectivity index (χ2n) is 6.69. The molecule has 29 heavy (non-hydrogen) atoms. The van der Waals surface area contributed by atoms with Crippen LogP contribution in [0.15, 0.2) is 43.2 Å². The highest BCUT2D eigenvalue weighted by atomic mass is 35.5. The van der Waals surface area contributed by atoms with Crippen molar-refractivity contribution in [3.05, 3.63) is 48.3 Å². The molecule has 0 saturated carbocycles. The summed E-state index contributed by atoms with van der Waals surface area (Å²) < 4.78 is 6.89. The lowest BCUT2D eigenvalue weighted by Crippen LogP contribution is -2.41. The van der Waals surface area contributed by atoms with Crippen LogP contribution in [0.4, 0.5) is 11.5 Å². The van der Waals surface area contributed by atoms with Crippen molar-refractivity contribution in [1.29, 1.82) is 0 Å². The molecule has 1 amide bonds. The van der Waals surface area contributed by atoms with E-state index in [1.54, 1.807) is 36.3 Å². The number of ether oxygens (including phenoxy) is 1. The van der Waals surface area contributed by atoms with Crippen molar-refractivity contribution in [3.8, 4) is 11.6 Å². The van der Waals surface area contributed by atoms with Crippen molar-refractivity contribution in [2.45, 2.75) is 12.8 Å². The van der Waals surface area contributed by atoms with Crippen LogP contribution in [0.25, 0.3) is 5.82 Å². The van der Waals surface area contributed by atoms with Crippen LogP contribution < -0.4 is 15.0 Å². The van der Waals surface area contributed by atoms with E-state index >= 15 is 0 Å². The third-order valence-electron chi connectivity index (χ3n) is 4.83. The molecule has 3 aromatic rings. The quantitative estimate of drug-likeness (QED) is 0.686. The molecule has 1 saturated heterocycles. The maximum atomic E-state index is 12.9. The van der Waals surface area contributed by atoms with Gasteiger partial charge < -0.3 is 15.0 Å². The number of anilines is 2. The smallest absolute Gasteiger partial charge is 0.229 e. The molecule has 1 aromatic carbocycles. The first-order chi connectivity index (χ1) is 14.1. The molecule has 1 aliphatic rings. The van der Waals surface area contributed by atoms with Gasteiger partial charge in [-0.05, 0) is 31.0 Å². The van der Waals surface area contributed by atoms with Gasteiger partial charge in [0, 0.05) is 24.2 Å². The largest absolute Gasteiger partial charge is 0.495 e. The summed E-state index contributed by atoms with van der Waals surface area (Å²) in [5.41, 5.74) is 0.567. The summed E-state index contributed by atoms with van der Waals surface area (Å²) in [7, 11) is 1.56. The Morgan fingerprint density at radius 2 is 2.10 bits per heavy atom. The fraction of sp³-hybridized carbons (Fsp3) is 0.316. The number of aromatic nitrogens is 5. The first kappa shape index (κ1) is 19.1. The Morgan fingerprint density at radius 1 is 1.24 bits per heavy atom. The van der Waals surface area contributed by atoms with E-state index in [-0.39, 0.29) is 11.8 Å². The van der Waals surface area contributed by atoms with E-state index < -0.39 is 0 Å². The van der Waals surface area contributed by atoms with Crippen LogP contribution >= 0.6 is 11.6 Å². The summed E-state index contributed by atoms with van der Waals surface area (Å²) in [5.74, 6) is 1.70. The molecule has 3 heterocycles. The van der Waals surface area contributed by atoms with Crippen molar-refractivity contribution in [3.63, 3.8) is 0 Å². The molecular formula is C19H20ClN7O2. The molecule has 1 fully saturated rings. The van der Waals surface area contributed by atoms with E-state index in [0.29, 0.717) is 28.8 Å². The predicted molar refractivity (Wildman–Crippen MR) is 109 cm³/mol. The van der Waals surface area contributed by atoms with Gasteiger partial charge in [0.15, 0.2) is 5.82 Å². The van der Waals surface area contributed by atoms with Gasteiger partial charge in [-0.1, -0.05) is 11.6 Å². The zero-order valence-electron chi connectivity index (χ0n) is 15.8. The molecular weight excluding hydrogens is 394 g/mol. The van der Waals surface area contributed by atoms with Crippen LogP contribution in [0.2, 0.25) is 5.02 Å². The van der Waals surface area contributed by atoms with Crippen molar-refractivity contribution in [2.24, 2.45) is 5.92 Å². The third kappa shape index (κ3) is 4.29. The lowest BCUT2D eigenvalue weighted by Gasteiger charge is -2.33. The second kappa shape index (κ2) is 8.44. The summed E-state index contributed by atoms with van der Waals surface area (Å²) >= 11 is 6.06. The summed E-state index contributed by atoms with van der Waals surface area (Å²) in [5, 5.41) is 7.58. The average molecular weight is 414 g/mol. The number of methoxy groups -OCH3 is 1. The van der Waals surface area contributed by atoms with Crippen LogP contribution in [0.3, 0.4) is 0 Å². The molecule has 10 heteroatoms. The molecule has 0 spiro atoms. The number of halogens is 1. The number of hydrogen-bond acceptors (Lipinski definition) is 7. The molecule has 1 unspecified atom stereocenters. The van der Waals surface area contributed by atoms with E-state index in [4.69, 9.17) is 16.3 Å². The van der Waals surface area contributed by atoms with Gasteiger partial charge in [-0.15, -0.1) is 0 Å². The maximum absolute atomic E-state index is 12.9. The van der Waals surface area contributed by atoms with Gasteiger partial charge in [0.25, 0.3) is 0 Å². The van der Waals surface area contributed by atoms with Crippen molar-refractivity contribution < 1.29 is 9.53 Å². The zero-order valence-corrected chi connectivity index (χ0v) is 16.6. The van der Waals surface area contributed by atoms with Crippen molar-refractivity contribution >= 4 is 29.0 Å². The average Bonchev–Trinajstić information content (AvgIpc) is 3.29. The van der Waals surface area contributed by atoms with Crippen molar-refractivity contribution in [1.82, 2.24) is 24.7 Å². The van der Waals surface area contributed by atoms with E-state index in [1.807, 2.05) is 6.07 Å². The second-order valence-corrected chi connectivity index (χ2v) is 7.13. The lowest BCUT2D eigenvalue weighted by molar-refractivity contribution is -0.120. The van der Waals surface area contributed by atoms with Crippen LogP contribution in [-0.2, 0) is 4.79 Å². The molecule has 1 N–H and O–H groups in total. The minimum atomic E-state index is -0.183. The topological polar surface area (TPSA) is 98.1 Å². The van der Waals surface area contributed by atoms with Crippen LogP contribution in [-0.4, -0.2) is 50.8 Å². The fourth-order valence-electron chi connectivity index (χ4n) is 3.37. The van der Waals surface area contributed by atoms with E-state index in [0.717, 1.165) is 25.2 Å². The Morgan fingerprint density at radius 3 is 2.90 bits per heavy atom. The SMILES string of the molecule is COc1ccc(Cl)cc1NC(=O)C1CCCN(c2cc(-n3cncn3)ncn2)C1. The first-order valence-corrected chi connectivity index (χ1v) is 9.58. The minimum Gasteiger partial charge on any atom is -0.495 e. The molecule has 0 bridgehead atoms. The van der Waals surface area contributed by atoms with Gasteiger partial charge in [-0.25, -0.2) is 19.6 Å². The van der Waals surface area contributed by atoms with E-state index in [2.05, 4.69) is 30.3 Å². The number of nitrogens with zero attached hydrogens (tertiary/aromatic N) is 6. The summed E-state index contributed by atoms with van der Waals surface area (Å²) in [4.78, 5) is 27.5. The molecule has 4 rings (SSSR count). The Kier molecular flexibility index (Phi) is 5.57. The highest BCUT2D eigenvalue weighted by molar-refractivity contribution is 6.31. The molecule has 1 atom stereocenters. The first-order valence-electron chi connectivity index (χ1n) is 9.20. The zero-order chi connectivity index (χ0) is 20.2. The number of carbonyl (C=O) groups excluding carboxylic acids is 1. The van der Waals surface area contributed by atoms with Gasteiger partial charge >= 0.3 is 0 Å². The van der Waals surface area contributed by atoms with Crippen LogP contribution in [0, 0.1) is 5.92 Å². The molecule has 1 aliphatic heterocycles. The number of amides is 1. The third-order valence-corrected chi connectivity index (χ3v) is 5.06. The van der Waals surface area contributed by atoms with E-state index in [1.165, 1.54) is 12.7 Å². The number of carbonyl (C=O) groups is 1. The predicted octanol–water partition coefficient (Wildman–Crippen LogP) is 2.57. The van der Waals surface area contributed by atoms with E-state index in [9.17, 15) is 4.79 Å². The highest BCUT2D eigenvalue weighted by Gasteiger charge is 2.27. The molecule has 0 aliphatic carbocycles. The molecule has 2 aromatic heterocycles. The molecule has 9 nitrogen and oxygen atoms in total. The Hall–Kier alpha value is -3.20. The van der Waals surface area contributed by atoms with Gasteiger partial charge in [0.1, 0.15) is 30.5 Å². The standard InChI is InChI=1S/C19H20ClN7O2/c1-29-16-5-4-14(20)7-15(16)25-19(28)13-3-2-6-26(9-13)17-8-18(23-11-22-17)27-12-21-10-24-27/h4-5,7-8,10-13H,2-3,6,9H2,1H3,(H,25,28). The van der Waals surface area contributed by atoms with Crippen LogP contribution in [0.5, 0.6) is 5.75 Å². The Balaban J connectivity index is 1.48. The van der Waals surface area contributed by atoms with Gasteiger partial charge in [-0.3, -0.25) is 4.79 Å². The summed E-state index contributed by atoms with van der Waals surface area (Å²) in [6, 6.07) is 6.99. The maximum Gasteiger partial charge on any atom is 0.229 e. The number of piperidine rings is 1. The van der Waals surface area contributed by atoms with Crippen molar-refractivity contribution in [2.75, 3.05) is 30.4 Å². The molecule has 150 valence electrons. The summed E-state index contributed by atoms with van der Waals surface area (Å²) in [6.07, 6.45) is 6.20. The fourth-order valence-corrected chi connectivity index (χ4v) is 3.55. The molecule has 0 radical (unpaired) electrons. The summed E-state index contributed by atoms with van der Waals surface area (Å²) in [6.45, 7) is 1.38. The number of hydrogen-bond donors (Lipinski definition) is 1. The monoisotopic (exact) mass is 413 g/mol.